The lowest BCUT2D eigenvalue weighted by atomic mass is 10.2. The van der Waals surface area contributed by atoms with E-state index in [9.17, 15) is 4.79 Å². The molecule has 0 aromatic heterocycles. The van der Waals surface area contributed by atoms with Gasteiger partial charge in [0.1, 0.15) is 11.9 Å². The molecule has 1 saturated heterocycles. The van der Waals surface area contributed by atoms with Crippen LogP contribution in [0.3, 0.4) is 0 Å². The summed E-state index contributed by atoms with van der Waals surface area (Å²) in [7, 11) is 0. The minimum Gasteiger partial charge on any atom is -0.487 e. The maximum atomic E-state index is 11.9. The van der Waals surface area contributed by atoms with E-state index in [0.29, 0.717) is 19.6 Å². The van der Waals surface area contributed by atoms with Crippen LogP contribution in [0, 0.1) is 0 Å². The number of para-hydroxylation sites is 1. The normalized spacial score (nSPS) is 18.9. The van der Waals surface area contributed by atoms with E-state index in [0.717, 1.165) is 12.2 Å². The quantitative estimate of drug-likeness (QED) is 0.793. The fourth-order valence-corrected chi connectivity index (χ4v) is 2.06. The Hall–Kier alpha value is -2.04. The first-order chi connectivity index (χ1) is 8.83. The molecule has 1 aromatic rings. The van der Waals surface area contributed by atoms with Crippen LogP contribution in [0.2, 0.25) is 0 Å². The zero-order chi connectivity index (χ0) is 12.4. The van der Waals surface area contributed by atoms with E-state index in [1.165, 1.54) is 5.01 Å². The van der Waals surface area contributed by atoms with Crippen molar-refractivity contribution in [3.63, 3.8) is 0 Å². The molecule has 2 heterocycles. The number of nitrogens with zero attached hydrogens (tertiary/aromatic N) is 3. The number of urea groups is 1. The summed E-state index contributed by atoms with van der Waals surface area (Å²) < 4.78 is 5.74. The van der Waals surface area contributed by atoms with Crippen LogP contribution in [0.5, 0.6) is 5.75 Å². The minimum atomic E-state index is -0.0170. The van der Waals surface area contributed by atoms with Crippen molar-refractivity contribution in [2.45, 2.75) is 12.5 Å². The molecule has 2 amide bonds. The number of amides is 2. The van der Waals surface area contributed by atoms with Gasteiger partial charge in [0.05, 0.1) is 19.6 Å². The third kappa shape index (κ3) is 2.16. The molecule has 18 heavy (non-hydrogen) atoms. The maximum absolute atomic E-state index is 11.9. The molecule has 2 aliphatic rings. The van der Waals surface area contributed by atoms with Crippen LogP contribution in [0.25, 0.3) is 0 Å². The average molecular weight is 245 g/mol. The molecule has 0 unspecified atom stereocenters. The average Bonchev–Trinajstić information content (AvgIpc) is 2.87. The Balaban J connectivity index is 1.48. The highest BCUT2D eigenvalue weighted by molar-refractivity contribution is 5.78. The summed E-state index contributed by atoms with van der Waals surface area (Å²) in [6.45, 7) is 1.97. The first kappa shape index (κ1) is 11.1. The van der Waals surface area contributed by atoms with Crippen molar-refractivity contribution in [3.8, 4) is 5.75 Å². The van der Waals surface area contributed by atoms with E-state index in [2.05, 4.69) is 5.10 Å². The molecule has 5 heteroatoms. The van der Waals surface area contributed by atoms with E-state index in [1.807, 2.05) is 30.3 Å². The van der Waals surface area contributed by atoms with Gasteiger partial charge in [0.15, 0.2) is 0 Å². The van der Waals surface area contributed by atoms with Gasteiger partial charge in [0, 0.05) is 12.6 Å². The molecular formula is C13H15N3O2. The zero-order valence-electron chi connectivity index (χ0n) is 10.0. The number of hydrazone groups is 1. The van der Waals surface area contributed by atoms with Crippen molar-refractivity contribution in [3.05, 3.63) is 30.3 Å². The molecule has 0 radical (unpaired) electrons. The second-order valence-corrected chi connectivity index (χ2v) is 4.45. The summed E-state index contributed by atoms with van der Waals surface area (Å²) >= 11 is 0. The molecular weight excluding hydrogens is 230 g/mol. The highest BCUT2D eigenvalue weighted by atomic mass is 16.5. The lowest BCUT2D eigenvalue weighted by Crippen LogP contribution is -2.58. The molecule has 2 aliphatic heterocycles. The zero-order valence-corrected chi connectivity index (χ0v) is 10.0. The van der Waals surface area contributed by atoms with Crippen LogP contribution < -0.4 is 4.74 Å². The van der Waals surface area contributed by atoms with Gasteiger partial charge in [0.25, 0.3) is 0 Å². The second-order valence-electron chi connectivity index (χ2n) is 4.45. The fourth-order valence-electron chi connectivity index (χ4n) is 2.06. The van der Waals surface area contributed by atoms with Gasteiger partial charge < -0.3 is 9.64 Å². The van der Waals surface area contributed by atoms with E-state index < -0.39 is 0 Å². The van der Waals surface area contributed by atoms with Gasteiger partial charge in [-0.3, -0.25) is 0 Å². The molecule has 0 N–H and O–H groups in total. The molecule has 1 aromatic carbocycles. The summed E-state index contributed by atoms with van der Waals surface area (Å²) in [5.74, 6) is 0.855. The third-order valence-corrected chi connectivity index (χ3v) is 3.08. The Morgan fingerprint density at radius 2 is 2.06 bits per heavy atom. The number of hydrogen-bond acceptors (Lipinski definition) is 3. The Kier molecular flexibility index (Phi) is 2.88. The van der Waals surface area contributed by atoms with Crippen molar-refractivity contribution in [1.29, 1.82) is 0 Å². The van der Waals surface area contributed by atoms with Gasteiger partial charge in [-0.1, -0.05) is 18.2 Å². The maximum Gasteiger partial charge on any atom is 0.340 e. The number of carbonyl (C=O) groups excluding carboxylic acids is 1. The third-order valence-electron chi connectivity index (χ3n) is 3.08. The summed E-state index contributed by atoms with van der Waals surface area (Å²) in [4.78, 5) is 13.7. The van der Waals surface area contributed by atoms with Crippen molar-refractivity contribution >= 4 is 12.2 Å². The first-order valence-electron chi connectivity index (χ1n) is 6.13. The number of benzene rings is 1. The SMILES string of the molecule is O=C(N1CC(Oc2ccccc2)C1)N1CCC=N1. The lowest BCUT2D eigenvalue weighted by molar-refractivity contribution is 0.0322. The summed E-state index contributed by atoms with van der Waals surface area (Å²) in [5.41, 5.74) is 0. The summed E-state index contributed by atoms with van der Waals surface area (Å²) in [5, 5.41) is 5.54. The number of carbonyl (C=O) groups is 1. The van der Waals surface area contributed by atoms with Crippen LogP contribution >= 0.6 is 0 Å². The molecule has 94 valence electrons. The van der Waals surface area contributed by atoms with E-state index in [4.69, 9.17) is 4.74 Å². The Morgan fingerprint density at radius 1 is 1.28 bits per heavy atom. The standard InChI is InChI=1S/C13H15N3O2/c17-13(16-8-4-7-14-16)15-9-12(10-15)18-11-5-2-1-3-6-11/h1-3,5-7,12H,4,8-10H2. The van der Waals surface area contributed by atoms with E-state index in [-0.39, 0.29) is 12.1 Å². The molecule has 0 atom stereocenters. The highest BCUT2D eigenvalue weighted by Gasteiger charge is 2.35. The van der Waals surface area contributed by atoms with Gasteiger partial charge in [-0.05, 0) is 12.1 Å². The Labute approximate surface area is 106 Å². The van der Waals surface area contributed by atoms with Crippen molar-refractivity contribution in [2.75, 3.05) is 19.6 Å². The molecule has 1 fully saturated rings. The smallest absolute Gasteiger partial charge is 0.340 e. The Morgan fingerprint density at radius 3 is 2.72 bits per heavy atom. The van der Waals surface area contributed by atoms with Crippen LogP contribution in [0.1, 0.15) is 6.42 Å². The van der Waals surface area contributed by atoms with Gasteiger partial charge in [-0.2, -0.15) is 5.10 Å². The van der Waals surface area contributed by atoms with Gasteiger partial charge in [-0.15, -0.1) is 0 Å². The van der Waals surface area contributed by atoms with Crippen LogP contribution in [0.15, 0.2) is 35.4 Å². The van der Waals surface area contributed by atoms with Crippen molar-refractivity contribution < 1.29 is 9.53 Å². The predicted octanol–water partition coefficient (Wildman–Crippen LogP) is 1.56. The number of ether oxygens (including phenoxy) is 1. The van der Waals surface area contributed by atoms with Gasteiger partial charge >= 0.3 is 6.03 Å². The van der Waals surface area contributed by atoms with Crippen molar-refractivity contribution in [2.24, 2.45) is 5.10 Å². The highest BCUT2D eigenvalue weighted by Crippen LogP contribution is 2.19. The van der Waals surface area contributed by atoms with Gasteiger partial charge in [0.2, 0.25) is 0 Å². The van der Waals surface area contributed by atoms with Crippen LogP contribution in [-0.4, -0.2) is 47.9 Å². The monoisotopic (exact) mass is 245 g/mol. The number of likely N-dealkylation sites (tertiary alicyclic amines) is 1. The largest absolute Gasteiger partial charge is 0.487 e. The second kappa shape index (κ2) is 4.68. The molecule has 0 aliphatic carbocycles. The number of hydrogen-bond donors (Lipinski definition) is 0. The summed E-state index contributed by atoms with van der Waals surface area (Å²) in [6, 6.07) is 9.67. The van der Waals surface area contributed by atoms with Gasteiger partial charge in [-0.25, -0.2) is 9.80 Å². The summed E-state index contributed by atoms with van der Waals surface area (Å²) in [6.07, 6.45) is 2.72. The Bertz CT molecular complexity index is 455. The molecule has 3 rings (SSSR count). The predicted molar refractivity (Wildman–Crippen MR) is 67.6 cm³/mol. The van der Waals surface area contributed by atoms with E-state index >= 15 is 0 Å². The topological polar surface area (TPSA) is 45.1 Å². The fraction of sp³-hybridized carbons (Fsp3) is 0.385. The molecule has 0 spiro atoms. The molecule has 5 nitrogen and oxygen atoms in total. The van der Waals surface area contributed by atoms with Crippen molar-refractivity contribution in [1.82, 2.24) is 9.91 Å². The lowest BCUT2D eigenvalue weighted by Gasteiger charge is -2.39. The minimum absolute atomic E-state index is 0.0170. The molecule has 0 bridgehead atoms. The van der Waals surface area contributed by atoms with E-state index in [1.54, 1.807) is 11.1 Å². The molecule has 0 saturated carbocycles. The first-order valence-corrected chi connectivity index (χ1v) is 6.13. The number of rotatable bonds is 2. The van der Waals surface area contributed by atoms with Crippen LogP contribution in [-0.2, 0) is 0 Å². The van der Waals surface area contributed by atoms with Crippen LogP contribution in [0.4, 0.5) is 4.79 Å².